The van der Waals surface area contributed by atoms with Crippen LogP contribution in [-0.2, 0) is 4.74 Å². The fraction of sp³-hybridized carbons (Fsp3) is 1.00. The van der Waals surface area contributed by atoms with Gasteiger partial charge in [0.15, 0.2) is 0 Å². The van der Waals surface area contributed by atoms with Crippen molar-refractivity contribution in [2.24, 2.45) is 5.92 Å². The van der Waals surface area contributed by atoms with Crippen molar-refractivity contribution in [1.29, 1.82) is 0 Å². The molecule has 1 saturated heterocycles. The maximum atomic E-state index is 13.0. The molecular formula is C7H12BrFO. The van der Waals surface area contributed by atoms with Crippen LogP contribution in [-0.4, -0.2) is 17.3 Å². The van der Waals surface area contributed by atoms with Gasteiger partial charge in [0.25, 0.3) is 0 Å². The van der Waals surface area contributed by atoms with E-state index in [-0.39, 0.29) is 17.0 Å². The summed E-state index contributed by atoms with van der Waals surface area (Å²) in [7, 11) is 0. The molecule has 3 heteroatoms. The van der Waals surface area contributed by atoms with Gasteiger partial charge in [-0.1, -0.05) is 29.8 Å². The van der Waals surface area contributed by atoms with Gasteiger partial charge in [-0.15, -0.1) is 0 Å². The maximum Gasteiger partial charge on any atom is 0.144 e. The van der Waals surface area contributed by atoms with E-state index in [1.165, 1.54) is 0 Å². The summed E-state index contributed by atoms with van der Waals surface area (Å²) in [6, 6.07) is 0. The molecule has 60 valence electrons. The zero-order valence-electron chi connectivity index (χ0n) is 6.18. The van der Waals surface area contributed by atoms with Gasteiger partial charge in [-0.2, -0.15) is 0 Å². The van der Waals surface area contributed by atoms with E-state index < -0.39 is 6.17 Å². The highest BCUT2D eigenvalue weighted by molar-refractivity contribution is 9.09. The third-order valence-corrected chi connectivity index (χ3v) is 2.77. The molecule has 4 atom stereocenters. The molecule has 1 heterocycles. The van der Waals surface area contributed by atoms with Crippen molar-refractivity contribution in [2.75, 3.05) is 0 Å². The maximum absolute atomic E-state index is 13.0. The molecule has 1 fully saturated rings. The summed E-state index contributed by atoms with van der Waals surface area (Å²) in [6.07, 6.45) is 0.147. The summed E-state index contributed by atoms with van der Waals surface area (Å²) >= 11 is 3.13. The number of alkyl halides is 2. The average molecular weight is 211 g/mol. The average Bonchev–Trinajstić information content (AvgIpc) is 2.17. The lowest BCUT2D eigenvalue weighted by atomic mass is 10.0. The molecule has 0 bridgehead atoms. The van der Waals surface area contributed by atoms with Crippen LogP contribution >= 0.6 is 15.9 Å². The van der Waals surface area contributed by atoms with Crippen LogP contribution in [0.1, 0.15) is 20.3 Å². The Bertz CT molecular complexity index is 120. The van der Waals surface area contributed by atoms with Crippen LogP contribution in [0.2, 0.25) is 0 Å². The van der Waals surface area contributed by atoms with Gasteiger partial charge in [0, 0.05) is 5.92 Å². The first-order valence-corrected chi connectivity index (χ1v) is 4.52. The first-order chi connectivity index (χ1) is 4.66. The van der Waals surface area contributed by atoms with Crippen molar-refractivity contribution in [3.05, 3.63) is 0 Å². The summed E-state index contributed by atoms with van der Waals surface area (Å²) in [5.41, 5.74) is 0. The largest absolute Gasteiger partial charge is 0.360 e. The Labute approximate surface area is 69.1 Å². The van der Waals surface area contributed by atoms with Gasteiger partial charge in [-0.25, -0.2) is 4.39 Å². The van der Waals surface area contributed by atoms with Gasteiger partial charge < -0.3 is 4.74 Å². The van der Waals surface area contributed by atoms with Crippen LogP contribution in [0.25, 0.3) is 0 Å². The summed E-state index contributed by atoms with van der Waals surface area (Å²) in [4.78, 5) is 0. The van der Waals surface area contributed by atoms with E-state index >= 15 is 0 Å². The Hall–Kier alpha value is 0.370. The molecule has 0 N–H and O–H groups in total. The molecule has 0 aromatic rings. The zero-order valence-corrected chi connectivity index (χ0v) is 7.77. The highest BCUT2D eigenvalue weighted by Gasteiger charge is 2.39. The van der Waals surface area contributed by atoms with E-state index in [1.807, 2.05) is 13.8 Å². The van der Waals surface area contributed by atoms with Crippen LogP contribution in [0.5, 0.6) is 0 Å². The van der Waals surface area contributed by atoms with Crippen LogP contribution in [0, 0.1) is 5.92 Å². The van der Waals surface area contributed by atoms with Crippen molar-refractivity contribution in [3.63, 3.8) is 0 Å². The molecule has 0 radical (unpaired) electrons. The lowest BCUT2D eigenvalue weighted by molar-refractivity contribution is 0.0750. The third-order valence-electron chi connectivity index (χ3n) is 2.05. The van der Waals surface area contributed by atoms with Gasteiger partial charge in [-0.05, 0) is 6.42 Å². The molecule has 1 nitrogen and oxygen atoms in total. The van der Waals surface area contributed by atoms with E-state index in [4.69, 9.17) is 4.74 Å². The Morgan fingerprint density at radius 2 is 2.20 bits per heavy atom. The standard InChI is InChI=1S/C7H12BrFO/c1-3-5-4(2)6(9)7(8)10-5/h4-7H,3H2,1-2H3/t4-,5-,6?,7?/m1/s1. The molecule has 2 unspecified atom stereocenters. The fourth-order valence-electron chi connectivity index (χ4n) is 1.28. The first-order valence-electron chi connectivity index (χ1n) is 3.60. The van der Waals surface area contributed by atoms with Crippen molar-refractivity contribution in [3.8, 4) is 0 Å². The summed E-state index contributed by atoms with van der Waals surface area (Å²) in [5.74, 6) is 0.0365. The smallest absolute Gasteiger partial charge is 0.144 e. The fourth-order valence-corrected chi connectivity index (χ4v) is 2.04. The topological polar surface area (TPSA) is 9.23 Å². The van der Waals surface area contributed by atoms with Crippen molar-refractivity contribution < 1.29 is 9.13 Å². The molecule has 1 rings (SSSR count). The van der Waals surface area contributed by atoms with Gasteiger partial charge in [0.05, 0.1) is 6.10 Å². The van der Waals surface area contributed by atoms with Crippen molar-refractivity contribution >= 4 is 15.9 Å². The minimum absolute atomic E-state index is 0.0365. The minimum atomic E-state index is -0.843. The SMILES string of the molecule is CC[C@H]1OC(Br)C(F)[C@@H]1C. The van der Waals surface area contributed by atoms with E-state index in [2.05, 4.69) is 15.9 Å². The van der Waals surface area contributed by atoms with Gasteiger partial charge in [-0.3, -0.25) is 0 Å². The molecule has 0 spiro atoms. The molecule has 0 aliphatic carbocycles. The molecule has 1 aliphatic heterocycles. The van der Waals surface area contributed by atoms with E-state index in [1.54, 1.807) is 0 Å². The van der Waals surface area contributed by atoms with E-state index in [9.17, 15) is 4.39 Å². The molecule has 0 aromatic carbocycles. The second-order valence-electron chi connectivity index (χ2n) is 2.74. The highest BCUT2D eigenvalue weighted by atomic mass is 79.9. The quantitative estimate of drug-likeness (QED) is 0.605. The van der Waals surface area contributed by atoms with E-state index in [0.717, 1.165) is 6.42 Å². The van der Waals surface area contributed by atoms with Crippen LogP contribution in [0.15, 0.2) is 0 Å². The molecule has 0 amide bonds. The van der Waals surface area contributed by atoms with Crippen molar-refractivity contribution in [2.45, 2.75) is 37.6 Å². The van der Waals surface area contributed by atoms with Gasteiger partial charge in [0.2, 0.25) is 0 Å². The Kier molecular flexibility index (Phi) is 2.69. The molecular weight excluding hydrogens is 199 g/mol. The molecule has 0 saturated carbocycles. The molecule has 10 heavy (non-hydrogen) atoms. The van der Waals surface area contributed by atoms with Crippen LogP contribution in [0.3, 0.4) is 0 Å². The number of rotatable bonds is 1. The molecule has 0 aromatic heterocycles. The second kappa shape index (κ2) is 3.18. The van der Waals surface area contributed by atoms with Crippen LogP contribution in [0.4, 0.5) is 4.39 Å². The van der Waals surface area contributed by atoms with Crippen LogP contribution < -0.4 is 0 Å². The highest BCUT2D eigenvalue weighted by Crippen LogP contribution is 2.33. The van der Waals surface area contributed by atoms with Gasteiger partial charge in [0.1, 0.15) is 11.2 Å². The predicted octanol–water partition coefficient (Wildman–Crippen LogP) is 2.49. The zero-order chi connectivity index (χ0) is 7.72. The number of ether oxygens (including phenoxy) is 1. The lowest BCUT2D eigenvalue weighted by Gasteiger charge is -2.10. The first kappa shape index (κ1) is 8.47. The summed E-state index contributed by atoms with van der Waals surface area (Å²) < 4.78 is 18.3. The Balaban J connectivity index is 2.53. The normalized spacial score (nSPS) is 48.0. The van der Waals surface area contributed by atoms with Gasteiger partial charge >= 0.3 is 0 Å². The Morgan fingerprint density at radius 1 is 1.60 bits per heavy atom. The molecule has 1 aliphatic rings. The number of hydrogen-bond acceptors (Lipinski definition) is 1. The monoisotopic (exact) mass is 210 g/mol. The second-order valence-corrected chi connectivity index (χ2v) is 3.64. The third kappa shape index (κ3) is 1.35. The Morgan fingerprint density at radius 3 is 2.40 bits per heavy atom. The lowest BCUT2D eigenvalue weighted by Crippen LogP contribution is -2.17. The minimum Gasteiger partial charge on any atom is -0.360 e. The number of hydrogen-bond donors (Lipinski definition) is 0. The number of halogens is 2. The summed E-state index contributed by atoms with van der Waals surface area (Å²) in [5, 5.41) is -0.382. The predicted molar refractivity (Wildman–Crippen MR) is 41.9 cm³/mol. The van der Waals surface area contributed by atoms with Crippen molar-refractivity contribution in [1.82, 2.24) is 0 Å². The summed E-state index contributed by atoms with van der Waals surface area (Å²) in [6.45, 7) is 3.90. The van der Waals surface area contributed by atoms with E-state index in [0.29, 0.717) is 0 Å².